The summed E-state index contributed by atoms with van der Waals surface area (Å²) in [5.41, 5.74) is 5.57. The molecule has 0 aliphatic carbocycles. The SMILES string of the molecule is COC(=O)CC(c1ccc2c(c1)CN(S(=O)(=O)c1ccccc1)CC2)c1ccc2c(c1)nnn2C. The third-order valence-electron chi connectivity index (χ3n) is 6.63. The van der Waals surface area contributed by atoms with Crippen molar-refractivity contribution >= 4 is 27.0 Å². The van der Waals surface area contributed by atoms with Gasteiger partial charge in [-0.2, -0.15) is 4.31 Å². The van der Waals surface area contributed by atoms with Crippen LogP contribution in [0.15, 0.2) is 71.6 Å². The van der Waals surface area contributed by atoms with Crippen molar-refractivity contribution in [2.75, 3.05) is 13.7 Å². The van der Waals surface area contributed by atoms with E-state index in [1.165, 1.54) is 11.4 Å². The minimum atomic E-state index is -3.59. The van der Waals surface area contributed by atoms with Crippen LogP contribution in [0.1, 0.15) is 34.6 Å². The normalized spacial score (nSPS) is 15.0. The summed E-state index contributed by atoms with van der Waals surface area (Å²) in [6.45, 7) is 0.715. The molecule has 8 nitrogen and oxygen atoms in total. The highest BCUT2D eigenvalue weighted by atomic mass is 32.2. The van der Waals surface area contributed by atoms with E-state index in [1.54, 1.807) is 35.0 Å². The van der Waals surface area contributed by atoms with Gasteiger partial charge >= 0.3 is 5.97 Å². The van der Waals surface area contributed by atoms with E-state index < -0.39 is 10.0 Å². The zero-order chi connectivity index (χ0) is 24.6. The summed E-state index contributed by atoms with van der Waals surface area (Å²) < 4.78 is 34.6. The van der Waals surface area contributed by atoms with E-state index in [-0.39, 0.29) is 24.9 Å². The molecule has 1 atom stereocenters. The van der Waals surface area contributed by atoms with E-state index in [4.69, 9.17) is 4.74 Å². The van der Waals surface area contributed by atoms with Crippen molar-refractivity contribution < 1.29 is 17.9 Å². The average Bonchev–Trinajstić information content (AvgIpc) is 3.26. The minimum absolute atomic E-state index is 0.160. The molecule has 1 aliphatic rings. The summed E-state index contributed by atoms with van der Waals surface area (Å²) in [6, 6.07) is 20.5. The highest BCUT2D eigenvalue weighted by Gasteiger charge is 2.29. The average molecular weight is 491 g/mol. The first kappa shape index (κ1) is 23.2. The zero-order valence-electron chi connectivity index (χ0n) is 19.6. The maximum absolute atomic E-state index is 13.2. The summed E-state index contributed by atoms with van der Waals surface area (Å²) in [5, 5.41) is 8.29. The maximum Gasteiger partial charge on any atom is 0.306 e. The van der Waals surface area contributed by atoms with Gasteiger partial charge in [0.15, 0.2) is 0 Å². The summed E-state index contributed by atoms with van der Waals surface area (Å²) in [6.07, 6.45) is 0.794. The molecule has 0 radical (unpaired) electrons. The first-order valence-electron chi connectivity index (χ1n) is 11.4. The fourth-order valence-corrected chi connectivity index (χ4v) is 6.11. The number of carbonyl (C=O) groups is 1. The topological polar surface area (TPSA) is 94.4 Å². The molecular weight excluding hydrogens is 464 g/mol. The number of esters is 1. The van der Waals surface area contributed by atoms with E-state index in [1.807, 2.05) is 43.4 Å². The van der Waals surface area contributed by atoms with Crippen molar-refractivity contribution in [3.63, 3.8) is 0 Å². The molecule has 35 heavy (non-hydrogen) atoms. The van der Waals surface area contributed by atoms with Gasteiger partial charge in [0.25, 0.3) is 0 Å². The molecule has 4 aromatic rings. The monoisotopic (exact) mass is 490 g/mol. The Morgan fingerprint density at radius 2 is 1.77 bits per heavy atom. The van der Waals surface area contributed by atoms with Gasteiger partial charge in [0.1, 0.15) is 5.52 Å². The number of fused-ring (bicyclic) bond motifs is 2. The van der Waals surface area contributed by atoms with Crippen molar-refractivity contribution in [3.05, 3.63) is 89.0 Å². The Bertz CT molecular complexity index is 1500. The van der Waals surface area contributed by atoms with E-state index in [9.17, 15) is 13.2 Å². The molecule has 0 fully saturated rings. The third-order valence-corrected chi connectivity index (χ3v) is 8.49. The van der Waals surface area contributed by atoms with Crippen LogP contribution in [0.3, 0.4) is 0 Å². The van der Waals surface area contributed by atoms with Crippen LogP contribution >= 0.6 is 0 Å². The number of carbonyl (C=O) groups excluding carboxylic acids is 1. The molecule has 1 unspecified atom stereocenters. The number of aryl methyl sites for hydroxylation is 1. The summed E-state index contributed by atoms with van der Waals surface area (Å²) >= 11 is 0. The van der Waals surface area contributed by atoms with Crippen molar-refractivity contribution in [2.45, 2.75) is 30.2 Å². The number of benzene rings is 3. The molecule has 0 saturated carbocycles. The lowest BCUT2D eigenvalue weighted by Crippen LogP contribution is -2.36. The van der Waals surface area contributed by atoms with Gasteiger partial charge in [0.2, 0.25) is 10.0 Å². The molecule has 9 heteroatoms. The zero-order valence-corrected chi connectivity index (χ0v) is 20.4. The highest BCUT2D eigenvalue weighted by molar-refractivity contribution is 7.89. The van der Waals surface area contributed by atoms with Crippen LogP contribution in [0.25, 0.3) is 11.0 Å². The predicted octanol–water partition coefficient (Wildman–Crippen LogP) is 3.41. The smallest absolute Gasteiger partial charge is 0.306 e. The van der Waals surface area contributed by atoms with Crippen molar-refractivity contribution in [1.82, 2.24) is 19.3 Å². The van der Waals surface area contributed by atoms with Gasteiger partial charge in [0.05, 0.1) is 23.9 Å². The number of aromatic nitrogens is 3. The van der Waals surface area contributed by atoms with Crippen molar-refractivity contribution in [3.8, 4) is 0 Å². The molecule has 1 aliphatic heterocycles. The predicted molar refractivity (Wildman–Crippen MR) is 131 cm³/mol. The molecule has 3 aromatic carbocycles. The fourth-order valence-electron chi connectivity index (χ4n) is 4.67. The lowest BCUT2D eigenvalue weighted by atomic mass is 9.85. The van der Waals surface area contributed by atoms with E-state index in [0.717, 1.165) is 33.3 Å². The third kappa shape index (κ3) is 4.44. The van der Waals surface area contributed by atoms with E-state index in [0.29, 0.717) is 17.9 Å². The summed E-state index contributed by atoms with van der Waals surface area (Å²) in [4.78, 5) is 12.6. The van der Waals surface area contributed by atoms with Gasteiger partial charge in [-0.3, -0.25) is 4.79 Å². The number of hydrogen-bond donors (Lipinski definition) is 0. The van der Waals surface area contributed by atoms with Crippen LogP contribution in [0.2, 0.25) is 0 Å². The standard InChI is InChI=1S/C26H26N4O4S/c1-29-25-11-10-20(15-24(25)27-28-29)23(16-26(31)34-2)19-9-8-18-12-13-30(17-21(18)14-19)35(32,33)22-6-4-3-5-7-22/h3-11,14-15,23H,12-13,16-17H2,1-2H3. The summed E-state index contributed by atoms with van der Waals surface area (Å²) in [5.74, 6) is -0.583. The molecule has 2 heterocycles. The number of rotatable bonds is 6. The lowest BCUT2D eigenvalue weighted by molar-refractivity contribution is -0.140. The van der Waals surface area contributed by atoms with Gasteiger partial charge in [-0.25, -0.2) is 13.1 Å². The Balaban J connectivity index is 1.50. The lowest BCUT2D eigenvalue weighted by Gasteiger charge is -2.29. The largest absolute Gasteiger partial charge is 0.469 e. The van der Waals surface area contributed by atoms with Crippen molar-refractivity contribution in [2.24, 2.45) is 7.05 Å². The molecule has 0 amide bonds. The van der Waals surface area contributed by atoms with Crippen LogP contribution in [-0.2, 0) is 39.6 Å². The Labute approximate surface area is 204 Å². The van der Waals surface area contributed by atoms with E-state index >= 15 is 0 Å². The molecular formula is C26H26N4O4S. The quantitative estimate of drug-likeness (QED) is 0.385. The number of sulfonamides is 1. The molecule has 1 aromatic heterocycles. The molecule has 0 spiro atoms. The van der Waals surface area contributed by atoms with Crippen LogP contribution in [-0.4, -0.2) is 47.3 Å². The van der Waals surface area contributed by atoms with Crippen LogP contribution in [0.4, 0.5) is 0 Å². The second-order valence-corrected chi connectivity index (χ2v) is 10.7. The van der Waals surface area contributed by atoms with Crippen LogP contribution < -0.4 is 0 Å². The number of methoxy groups -OCH3 is 1. The molecule has 5 rings (SSSR count). The molecule has 0 N–H and O–H groups in total. The second kappa shape index (κ2) is 9.24. The second-order valence-electron chi connectivity index (χ2n) is 8.72. The number of nitrogens with zero attached hydrogens (tertiary/aromatic N) is 4. The number of ether oxygens (including phenoxy) is 1. The Morgan fingerprint density at radius 1 is 1.03 bits per heavy atom. The highest BCUT2D eigenvalue weighted by Crippen LogP contribution is 2.33. The van der Waals surface area contributed by atoms with Crippen molar-refractivity contribution in [1.29, 1.82) is 0 Å². The Morgan fingerprint density at radius 3 is 2.54 bits per heavy atom. The van der Waals surface area contributed by atoms with Crippen LogP contribution in [0.5, 0.6) is 0 Å². The molecule has 180 valence electrons. The van der Waals surface area contributed by atoms with Gasteiger partial charge < -0.3 is 4.74 Å². The first-order valence-corrected chi connectivity index (χ1v) is 12.8. The van der Waals surface area contributed by atoms with E-state index in [2.05, 4.69) is 10.3 Å². The van der Waals surface area contributed by atoms with Crippen LogP contribution in [0, 0.1) is 0 Å². The van der Waals surface area contributed by atoms with Gasteiger partial charge in [-0.1, -0.05) is 47.7 Å². The molecule has 0 bridgehead atoms. The fraction of sp³-hybridized carbons (Fsp3) is 0.269. The molecule has 0 saturated heterocycles. The minimum Gasteiger partial charge on any atom is -0.469 e. The number of hydrogen-bond acceptors (Lipinski definition) is 6. The van der Waals surface area contributed by atoms with Gasteiger partial charge in [-0.15, -0.1) is 5.10 Å². The Hall–Kier alpha value is -3.56. The van der Waals surface area contributed by atoms with Gasteiger partial charge in [-0.05, 0) is 52.9 Å². The van der Waals surface area contributed by atoms with Gasteiger partial charge in [0, 0.05) is 26.1 Å². The summed E-state index contributed by atoms with van der Waals surface area (Å²) in [7, 11) is -0.381. The first-order chi connectivity index (χ1) is 16.9. The maximum atomic E-state index is 13.2. The Kier molecular flexibility index (Phi) is 6.12.